The first-order valence-electron chi connectivity index (χ1n) is 2.95. The standard InChI is InChI=1S/C6H9NS/c1-5-3-8-4-6(5)2-7-1/h7H,1-4H2. The number of thioether (sulfide) groups is 1. The summed E-state index contributed by atoms with van der Waals surface area (Å²) in [6.07, 6.45) is 0. The van der Waals surface area contributed by atoms with Crippen molar-refractivity contribution in [3.63, 3.8) is 0 Å². The molecule has 0 saturated carbocycles. The number of hydrogen-bond acceptors (Lipinski definition) is 2. The Bertz CT molecular complexity index is 111. The minimum Gasteiger partial charge on any atom is -0.309 e. The molecule has 0 unspecified atom stereocenters. The van der Waals surface area contributed by atoms with E-state index in [0.717, 1.165) is 0 Å². The minimum absolute atomic E-state index is 1.17. The molecule has 2 heterocycles. The molecule has 0 saturated heterocycles. The van der Waals surface area contributed by atoms with Gasteiger partial charge in [-0.15, -0.1) is 0 Å². The third-order valence-corrected chi connectivity index (χ3v) is 2.83. The fraction of sp³-hybridized carbons (Fsp3) is 0.667. The Labute approximate surface area is 53.5 Å². The Kier molecular flexibility index (Phi) is 1.09. The molecule has 0 amide bonds. The van der Waals surface area contributed by atoms with Crippen LogP contribution in [0.25, 0.3) is 0 Å². The molecule has 0 atom stereocenters. The molecule has 2 heteroatoms. The molecule has 2 rings (SSSR count). The summed E-state index contributed by atoms with van der Waals surface area (Å²) in [6, 6.07) is 0. The molecule has 8 heavy (non-hydrogen) atoms. The van der Waals surface area contributed by atoms with Gasteiger partial charge in [-0.05, 0) is 11.1 Å². The van der Waals surface area contributed by atoms with E-state index in [0.29, 0.717) is 0 Å². The molecule has 0 aliphatic carbocycles. The van der Waals surface area contributed by atoms with Crippen molar-refractivity contribution in [1.82, 2.24) is 5.32 Å². The van der Waals surface area contributed by atoms with Crippen LogP contribution in [0.3, 0.4) is 0 Å². The topological polar surface area (TPSA) is 12.0 Å². The third-order valence-electron chi connectivity index (χ3n) is 1.73. The van der Waals surface area contributed by atoms with Crippen LogP contribution in [-0.2, 0) is 0 Å². The molecule has 0 aromatic carbocycles. The third kappa shape index (κ3) is 0.599. The highest BCUT2D eigenvalue weighted by Crippen LogP contribution is 2.26. The second-order valence-corrected chi connectivity index (χ2v) is 3.29. The first-order valence-corrected chi connectivity index (χ1v) is 4.10. The summed E-state index contributed by atoms with van der Waals surface area (Å²) in [5, 5.41) is 3.34. The van der Waals surface area contributed by atoms with Crippen LogP contribution in [0.4, 0.5) is 0 Å². The summed E-state index contributed by atoms with van der Waals surface area (Å²) in [5.41, 5.74) is 3.35. The molecule has 44 valence electrons. The lowest BCUT2D eigenvalue weighted by atomic mass is 10.2. The first kappa shape index (κ1) is 4.89. The molecule has 0 bridgehead atoms. The van der Waals surface area contributed by atoms with Crippen LogP contribution in [-0.4, -0.2) is 24.6 Å². The normalized spacial score (nSPS) is 27.0. The van der Waals surface area contributed by atoms with E-state index in [-0.39, 0.29) is 0 Å². The Morgan fingerprint density at radius 1 is 1.12 bits per heavy atom. The Morgan fingerprint density at radius 2 is 1.75 bits per heavy atom. The quantitative estimate of drug-likeness (QED) is 0.479. The summed E-state index contributed by atoms with van der Waals surface area (Å²) in [6.45, 7) is 2.34. The summed E-state index contributed by atoms with van der Waals surface area (Å²) in [5.74, 6) is 2.59. The molecular weight excluding hydrogens is 118 g/mol. The highest BCUT2D eigenvalue weighted by Gasteiger charge is 2.18. The van der Waals surface area contributed by atoms with Gasteiger partial charge in [0, 0.05) is 24.6 Å². The fourth-order valence-corrected chi connectivity index (χ4v) is 2.43. The zero-order valence-corrected chi connectivity index (χ0v) is 5.55. The second-order valence-electron chi connectivity index (χ2n) is 2.30. The summed E-state index contributed by atoms with van der Waals surface area (Å²) in [4.78, 5) is 0. The van der Waals surface area contributed by atoms with Crippen LogP contribution in [0, 0.1) is 0 Å². The van der Waals surface area contributed by atoms with Crippen LogP contribution in [0.1, 0.15) is 0 Å². The molecule has 1 N–H and O–H groups in total. The molecule has 0 fully saturated rings. The molecule has 2 aliphatic rings. The van der Waals surface area contributed by atoms with Gasteiger partial charge in [0.25, 0.3) is 0 Å². The van der Waals surface area contributed by atoms with E-state index >= 15 is 0 Å². The average molecular weight is 127 g/mol. The highest BCUT2D eigenvalue weighted by atomic mass is 32.2. The van der Waals surface area contributed by atoms with E-state index in [1.807, 2.05) is 0 Å². The molecule has 0 aromatic heterocycles. The van der Waals surface area contributed by atoms with Crippen molar-refractivity contribution in [3.05, 3.63) is 11.1 Å². The first-order chi connectivity index (χ1) is 3.97. The van der Waals surface area contributed by atoms with E-state index in [1.165, 1.54) is 24.6 Å². The molecule has 1 nitrogen and oxygen atoms in total. The lowest BCUT2D eigenvalue weighted by Gasteiger charge is -1.93. The lowest BCUT2D eigenvalue weighted by Crippen LogP contribution is -2.11. The smallest absolute Gasteiger partial charge is 0.0179 e. The van der Waals surface area contributed by atoms with E-state index in [1.54, 1.807) is 11.1 Å². The SMILES string of the molecule is C1NCC2=C1CSC2. The fourth-order valence-electron chi connectivity index (χ4n) is 1.22. The largest absolute Gasteiger partial charge is 0.309 e. The zero-order valence-electron chi connectivity index (χ0n) is 4.74. The van der Waals surface area contributed by atoms with Crippen molar-refractivity contribution in [2.75, 3.05) is 24.6 Å². The molecule has 0 spiro atoms. The van der Waals surface area contributed by atoms with Crippen molar-refractivity contribution in [2.45, 2.75) is 0 Å². The maximum atomic E-state index is 3.34. The predicted molar refractivity (Wildman–Crippen MR) is 37.2 cm³/mol. The van der Waals surface area contributed by atoms with Crippen molar-refractivity contribution in [3.8, 4) is 0 Å². The van der Waals surface area contributed by atoms with Crippen LogP contribution >= 0.6 is 11.8 Å². The number of rotatable bonds is 0. The monoisotopic (exact) mass is 127 g/mol. The maximum absolute atomic E-state index is 3.34. The van der Waals surface area contributed by atoms with Crippen LogP contribution in [0.5, 0.6) is 0 Å². The van der Waals surface area contributed by atoms with Crippen LogP contribution in [0.15, 0.2) is 11.1 Å². The summed E-state index contributed by atoms with van der Waals surface area (Å²) in [7, 11) is 0. The zero-order chi connectivity index (χ0) is 5.40. The van der Waals surface area contributed by atoms with Gasteiger partial charge in [0.15, 0.2) is 0 Å². The lowest BCUT2D eigenvalue weighted by molar-refractivity contribution is 0.862. The second kappa shape index (κ2) is 1.78. The molecule has 2 aliphatic heterocycles. The van der Waals surface area contributed by atoms with Gasteiger partial charge < -0.3 is 5.32 Å². The van der Waals surface area contributed by atoms with Gasteiger partial charge in [-0.2, -0.15) is 11.8 Å². The van der Waals surface area contributed by atoms with Gasteiger partial charge in [0.2, 0.25) is 0 Å². The van der Waals surface area contributed by atoms with Crippen LogP contribution < -0.4 is 5.32 Å². The number of nitrogens with one attached hydrogen (secondary N) is 1. The maximum Gasteiger partial charge on any atom is 0.0179 e. The summed E-state index contributed by atoms with van der Waals surface area (Å²) >= 11 is 2.05. The van der Waals surface area contributed by atoms with Crippen LogP contribution in [0.2, 0.25) is 0 Å². The average Bonchev–Trinajstić information content (AvgIpc) is 2.15. The number of hydrogen-bond donors (Lipinski definition) is 1. The summed E-state index contributed by atoms with van der Waals surface area (Å²) < 4.78 is 0. The van der Waals surface area contributed by atoms with E-state index in [9.17, 15) is 0 Å². The Morgan fingerprint density at radius 3 is 2.38 bits per heavy atom. The van der Waals surface area contributed by atoms with Gasteiger partial charge in [-0.25, -0.2) is 0 Å². The minimum atomic E-state index is 1.17. The van der Waals surface area contributed by atoms with E-state index in [4.69, 9.17) is 0 Å². The molecule has 0 radical (unpaired) electrons. The van der Waals surface area contributed by atoms with Gasteiger partial charge in [-0.3, -0.25) is 0 Å². The molecular formula is C6H9NS. The van der Waals surface area contributed by atoms with E-state index < -0.39 is 0 Å². The van der Waals surface area contributed by atoms with Gasteiger partial charge in [0.05, 0.1) is 0 Å². The van der Waals surface area contributed by atoms with Crippen molar-refractivity contribution >= 4 is 11.8 Å². The van der Waals surface area contributed by atoms with Crippen molar-refractivity contribution in [2.24, 2.45) is 0 Å². The van der Waals surface area contributed by atoms with Gasteiger partial charge >= 0.3 is 0 Å². The molecule has 0 aromatic rings. The van der Waals surface area contributed by atoms with E-state index in [2.05, 4.69) is 17.1 Å². The Hall–Kier alpha value is 0.0500. The van der Waals surface area contributed by atoms with Crippen molar-refractivity contribution < 1.29 is 0 Å². The predicted octanol–water partition coefficient (Wildman–Crippen LogP) is 0.633. The van der Waals surface area contributed by atoms with Gasteiger partial charge in [0.1, 0.15) is 0 Å². The Balaban J connectivity index is 2.23. The van der Waals surface area contributed by atoms with Gasteiger partial charge in [-0.1, -0.05) is 0 Å². The van der Waals surface area contributed by atoms with Crippen molar-refractivity contribution in [1.29, 1.82) is 0 Å². The highest BCUT2D eigenvalue weighted by molar-refractivity contribution is 7.99.